The molecule has 0 bridgehead atoms. The Balaban J connectivity index is 4.75. The number of esters is 1. The number of hydrogen-bond donors (Lipinski definition) is 3. The number of allylic oxidation sites excluding steroid dienone is 18. The molecule has 0 radical (unpaired) electrons. The fraction of sp³-hybridized carbons (Fsp3) is 0.636. The van der Waals surface area contributed by atoms with Crippen LogP contribution < -0.4 is 5.32 Å². The molecule has 0 aromatic rings. The maximum atomic E-state index is 13.2. The number of carbonyl (C=O) groups is 2. The van der Waals surface area contributed by atoms with Crippen LogP contribution in [0.3, 0.4) is 0 Å². The number of aliphatic hydroxyl groups is 2. The zero-order chi connectivity index (χ0) is 44.5. The Hall–Kier alpha value is -3.48. The van der Waals surface area contributed by atoms with Crippen molar-refractivity contribution in [2.75, 3.05) is 6.61 Å². The van der Waals surface area contributed by atoms with Gasteiger partial charge in [-0.1, -0.05) is 201 Å². The first-order chi connectivity index (χ1) is 30.0. The van der Waals surface area contributed by atoms with E-state index >= 15 is 0 Å². The van der Waals surface area contributed by atoms with E-state index in [1.54, 1.807) is 0 Å². The zero-order valence-corrected chi connectivity index (χ0v) is 39.2. The SMILES string of the molecule is CC/C=C\C/C=C\C/C=C\C/C=C\C/C=C\C/C=C\CCC(=O)OC(CCCC/C=C/C/C=C/C/C=C/CC)CC(=O)NC(CO)C(O)CCCCCCCCCCCCC. The van der Waals surface area contributed by atoms with Gasteiger partial charge >= 0.3 is 5.97 Å². The number of carbonyl (C=O) groups excluding carboxylic acids is 2. The van der Waals surface area contributed by atoms with Gasteiger partial charge in [0.25, 0.3) is 0 Å². The minimum atomic E-state index is -0.815. The van der Waals surface area contributed by atoms with Crippen molar-refractivity contribution in [3.8, 4) is 0 Å². The van der Waals surface area contributed by atoms with E-state index in [0.29, 0.717) is 19.3 Å². The summed E-state index contributed by atoms with van der Waals surface area (Å²) in [5, 5.41) is 23.7. The quantitative estimate of drug-likeness (QED) is 0.0323. The van der Waals surface area contributed by atoms with Crippen LogP contribution in [0.2, 0.25) is 0 Å². The van der Waals surface area contributed by atoms with Gasteiger partial charge in [0.2, 0.25) is 5.91 Å². The first kappa shape index (κ1) is 57.5. The Bertz CT molecular complexity index is 1270. The molecule has 0 aliphatic carbocycles. The van der Waals surface area contributed by atoms with Gasteiger partial charge in [-0.3, -0.25) is 9.59 Å². The van der Waals surface area contributed by atoms with E-state index in [4.69, 9.17) is 4.74 Å². The predicted octanol–water partition coefficient (Wildman–Crippen LogP) is 14.7. The summed E-state index contributed by atoms with van der Waals surface area (Å²) in [6.45, 7) is 6.20. The van der Waals surface area contributed by atoms with Gasteiger partial charge in [0.05, 0.1) is 25.2 Å². The molecule has 0 heterocycles. The average molecular weight is 846 g/mol. The number of amides is 1. The fourth-order valence-corrected chi connectivity index (χ4v) is 6.70. The van der Waals surface area contributed by atoms with Crippen molar-refractivity contribution in [2.24, 2.45) is 0 Å². The zero-order valence-electron chi connectivity index (χ0n) is 39.2. The van der Waals surface area contributed by atoms with Gasteiger partial charge < -0.3 is 20.3 Å². The molecule has 1 amide bonds. The molecule has 6 heteroatoms. The molecule has 0 spiro atoms. The summed E-state index contributed by atoms with van der Waals surface area (Å²) in [6.07, 6.45) is 64.4. The van der Waals surface area contributed by atoms with Crippen molar-refractivity contribution < 1.29 is 24.5 Å². The highest BCUT2D eigenvalue weighted by atomic mass is 16.5. The topological polar surface area (TPSA) is 95.9 Å². The molecule has 61 heavy (non-hydrogen) atoms. The van der Waals surface area contributed by atoms with Crippen molar-refractivity contribution in [3.05, 3.63) is 109 Å². The normalized spacial score (nSPS) is 14.2. The number of rotatable bonds is 42. The average Bonchev–Trinajstić information content (AvgIpc) is 3.25. The number of aliphatic hydroxyl groups excluding tert-OH is 2. The summed E-state index contributed by atoms with van der Waals surface area (Å²) in [6, 6.07) is -0.734. The summed E-state index contributed by atoms with van der Waals surface area (Å²) in [5.74, 6) is -0.625. The largest absolute Gasteiger partial charge is 0.462 e. The Morgan fingerprint density at radius 2 is 0.885 bits per heavy atom. The fourth-order valence-electron chi connectivity index (χ4n) is 6.70. The monoisotopic (exact) mass is 846 g/mol. The van der Waals surface area contributed by atoms with Crippen LogP contribution >= 0.6 is 0 Å². The van der Waals surface area contributed by atoms with Gasteiger partial charge in [0.15, 0.2) is 0 Å². The van der Waals surface area contributed by atoms with Crippen LogP contribution in [0.15, 0.2) is 109 Å². The maximum absolute atomic E-state index is 13.2. The summed E-state index contributed by atoms with van der Waals surface area (Å²) in [5.41, 5.74) is 0. The molecule has 0 saturated heterocycles. The van der Waals surface area contributed by atoms with E-state index in [0.717, 1.165) is 96.3 Å². The molecule has 346 valence electrons. The first-order valence-corrected chi connectivity index (χ1v) is 24.6. The molecule has 0 aliphatic heterocycles. The van der Waals surface area contributed by atoms with Crippen LogP contribution in [0.1, 0.15) is 201 Å². The molecule has 0 rings (SSSR count). The van der Waals surface area contributed by atoms with Gasteiger partial charge in [-0.25, -0.2) is 0 Å². The van der Waals surface area contributed by atoms with Crippen molar-refractivity contribution in [1.29, 1.82) is 0 Å². The second-order valence-electron chi connectivity index (χ2n) is 16.1. The number of ether oxygens (including phenoxy) is 1. The first-order valence-electron chi connectivity index (χ1n) is 24.6. The molecule has 3 unspecified atom stereocenters. The minimum absolute atomic E-state index is 0.0143. The second-order valence-corrected chi connectivity index (χ2v) is 16.1. The van der Waals surface area contributed by atoms with E-state index in [2.05, 4.69) is 129 Å². The number of hydrogen-bond acceptors (Lipinski definition) is 5. The summed E-state index contributed by atoms with van der Waals surface area (Å²) >= 11 is 0. The van der Waals surface area contributed by atoms with E-state index in [1.165, 1.54) is 51.4 Å². The Labute approximate surface area is 375 Å². The maximum Gasteiger partial charge on any atom is 0.306 e. The number of unbranched alkanes of at least 4 members (excludes halogenated alkanes) is 12. The summed E-state index contributed by atoms with van der Waals surface area (Å²) in [4.78, 5) is 26.0. The van der Waals surface area contributed by atoms with Gasteiger partial charge in [-0.2, -0.15) is 0 Å². The van der Waals surface area contributed by atoms with Crippen molar-refractivity contribution in [1.82, 2.24) is 5.32 Å². The highest BCUT2D eigenvalue weighted by Gasteiger charge is 2.23. The number of nitrogens with one attached hydrogen (secondary N) is 1. The molecule has 0 saturated carbocycles. The third kappa shape index (κ3) is 43.0. The molecule has 0 aliphatic rings. The van der Waals surface area contributed by atoms with E-state index in [9.17, 15) is 19.8 Å². The lowest BCUT2D eigenvalue weighted by Gasteiger charge is -2.24. The molecule has 3 atom stereocenters. The molecule has 0 aromatic carbocycles. The predicted molar refractivity (Wildman–Crippen MR) is 263 cm³/mol. The molecular weight excluding hydrogens is 755 g/mol. The van der Waals surface area contributed by atoms with Crippen LogP contribution in [0.5, 0.6) is 0 Å². The molecular formula is C55H91NO5. The van der Waals surface area contributed by atoms with E-state index in [-0.39, 0.29) is 31.3 Å². The molecule has 3 N–H and O–H groups in total. The summed E-state index contributed by atoms with van der Waals surface area (Å²) in [7, 11) is 0. The van der Waals surface area contributed by atoms with Crippen molar-refractivity contribution in [3.63, 3.8) is 0 Å². The highest BCUT2D eigenvalue weighted by Crippen LogP contribution is 2.16. The third-order valence-electron chi connectivity index (χ3n) is 10.4. The van der Waals surface area contributed by atoms with Crippen LogP contribution in [0.4, 0.5) is 0 Å². The van der Waals surface area contributed by atoms with Crippen molar-refractivity contribution in [2.45, 2.75) is 219 Å². The van der Waals surface area contributed by atoms with Gasteiger partial charge in [0.1, 0.15) is 6.10 Å². The van der Waals surface area contributed by atoms with Gasteiger partial charge in [-0.05, 0) is 96.3 Å². The van der Waals surface area contributed by atoms with Gasteiger partial charge in [-0.15, -0.1) is 0 Å². The van der Waals surface area contributed by atoms with Crippen LogP contribution in [-0.4, -0.2) is 46.9 Å². The Kier molecular flexibility index (Phi) is 44.9. The van der Waals surface area contributed by atoms with Gasteiger partial charge in [0, 0.05) is 6.42 Å². The Morgan fingerprint density at radius 1 is 0.492 bits per heavy atom. The molecule has 0 aromatic heterocycles. The minimum Gasteiger partial charge on any atom is -0.462 e. The third-order valence-corrected chi connectivity index (χ3v) is 10.4. The van der Waals surface area contributed by atoms with E-state index < -0.39 is 18.2 Å². The van der Waals surface area contributed by atoms with Crippen molar-refractivity contribution >= 4 is 11.9 Å². The van der Waals surface area contributed by atoms with Crippen LogP contribution in [0, 0.1) is 0 Å². The second kappa shape index (κ2) is 47.6. The molecule has 6 nitrogen and oxygen atoms in total. The molecule has 0 fully saturated rings. The Morgan fingerprint density at radius 3 is 1.33 bits per heavy atom. The van der Waals surface area contributed by atoms with Crippen LogP contribution in [0.25, 0.3) is 0 Å². The lowest BCUT2D eigenvalue weighted by molar-refractivity contribution is -0.150. The van der Waals surface area contributed by atoms with Crippen LogP contribution in [-0.2, 0) is 14.3 Å². The summed E-state index contributed by atoms with van der Waals surface area (Å²) < 4.78 is 5.85. The standard InChI is InChI=1S/C55H91NO5/c1-4-7-10-13-16-19-22-24-25-26-27-28-29-30-33-36-39-42-45-48-55(60)61-51(46-43-40-37-34-32-23-20-17-14-11-8-5-2)49-54(59)56-52(50-57)53(58)47-44-41-38-35-31-21-18-15-12-9-6-3/h7-8,10-11,16-17,19-20,24-25,27-28,30,32-34,39,42,51-53,57-58H,4-6,9,12-15,18,21-23,26,29,31,35-38,40-41,43-50H2,1-3H3,(H,56,59)/b10-7-,11-8+,19-16-,20-17+,25-24-,28-27-,33-30-,34-32+,42-39-. The smallest absolute Gasteiger partial charge is 0.306 e. The highest BCUT2D eigenvalue weighted by molar-refractivity contribution is 5.77. The lowest BCUT2D eigenvalue weighted by Crippen LogP contribution is -2.46. The lowest BCUT2D eigenvalue weighted by atomic mass is 10.0. The van der Waals surface area contributed by atoms with E-state index in [1.807, 2.05) is 6.08 Å².